The molecule has 2 heterocycles. The molecule has 1 atom stereocenters. The van der Waals surface area contributed by atoms with Gasteiger partial charge in [0, 0.05) is 32.9 Å². The maximum absolute atomic E-state index is 13.8. The van der Waals surface area contributed by atoms with Crippen LogP contribution in [0.15, 0.2) is 35.3 Å². The molecule has 7 heteroatoms. The number of hydrogen-bond donors (Lipinski definition) is 1. The highest BCUT2D eigenvalue weighted by molar-refractivity contribution is 5.93. The SMILES string of the molecule is Cc1ncc(C(=O)N(C)C[C@H]2CCCN(CCc3ccccc3F)C2)c(=O)[nH]1. The third-order valence-corrected chi connectivity index (χ3v) is 5.29. The Hall–Kier alpha value is -2.54. The van der Waals surface area contributed by atoms with Gasteiger partial charge in [0.1, 0.15) is 17.2 Å². The number of carbonyl (C=O) groups excluding carboxylic acids is 1. The molecule has 28 heavy (non-hydrogen) atoms. The quantitative estimate of drug-likeness (QED) is 0.827. The van der Waals surface area contributed by atoms with E-state index in [4.69, 9.17) is 0 Å². The monoisotopic (exact) mass is 386 g/mol. The van der Waals surface area contributed by atoms with Gasteiger partial charge in [0.25, 0.3) is 11.5 Å². The molecule has 1 aliphatic heterocycles. The smallest absolute Gasteiger partial charge is 0.263 e. The minimum absolute atomic E-state index is 0.0697. The molecular formula is C21H27FN4O2. The van der Waals surface area contributed by atoms with Gasteiger partial charge in [-0.3, -0.25) is 9.59 Å². The lowest BCUT2D eigenvalue weighted by Crippen LogP contribution is -2.43. The Kier molecular flexibility index (Phi) is 6.57. The highest BCUT2D eigenvalue weighted by atomic mass is 19.1. The molecule has 150 valence electrons. The van der Waals surface area contributed by atoms with Crippen molar-refractivity contribution in [1.29, 1.82) is 0 Å². The normalized spacial score (nSPS) is 17.5. The maximum atomic E-state index is 13.8. The molecule has 1 saturated heterocycles. The van der Waals surface area contributed by atoms with Crippen molar-refractivity contribution in [2.75, 3.05) is 33.2 Å². The van der Waals surface area contributed by atoms with Crippen LogP contribution in [0.5, 0.6) is 0 Å². The van der Waals surface area contributed by atoms with Crippen LogP contribution in [0.1, 0.15) is 34.6 Å². The van der Waals surface area contributed by atoms with Crippen LogP contribution in [0.4, 0.5) is 4.39 Å². The summed E-state index contributed by atoms with van der Waals surface area (Å²) in [6.45, 7) is 4.93. The number of aromatic nitrogens is 2. The Balaban J connectivity index is 1.54. The molecule has 1 aliphatic rings. The molecule has 6 nitrogen and oxygen atoms in total. The third-order valence-electron chi connectivity index (χ3n) is 5.29. The third kappa shape index (κ3) is 5.04. The highest BCUT2D eigenvalue weighted by Crippen LogP contribution is 2.19. The maximum Gasteiger partial charge on any atom is 0.263 e. The van der Waals surface area contributed by atoms with Crippen LogP contribution >= 0.6 is 0 Å². The van der Waals surface area contributed by atoms with Crippen molar-refractivity contribution < 1.29 is 9.18 Å². The molecule has 0 unspecified atom stereocenters. The van der Waals surface area contributed by atoms with E-state index in [1.54, 1.807) is 24.9 Å². The molecule has 1 N–H and O–H groups in total. The van der Waals surface area contributed by atoms with Gasteiger partial charge in [-0.2, -0.15) is 0 Å². The summed E-state index contributed by atoms with van der Waals surface area (Å²) in [5.74, 6) is 0.360. The first-order chi connectivity index (χ1) is 13.4. The number of carbonyl (C=O) groups is 1. The lowest BCUT2D eigenvalue weighted by molar-refractivity contribution is 0.0728. The van der Waals surface area contributed by atoms with Crippen LogP contribution in [0.2, 0.25) is 0 Å². The van der Waals surface area contributed by atoms with Crippen molar-refractivity contribution in [3.8, 4) is 0 Å². The fourth-order valence-electron chi connectivity index (χ4n) is 3.80. The first-order valence-corrected chi connectivity index (χ1v) is 9.71. The lowest BCUT2D eigenvalue weighted by atomic mass is 9.97. The van der Waals surface area contributed by atoms with E-state index in [1.165, 1.54) is 12.3 Å². The highest BCUT2D eigenvalue weighted by Gasteiger charge is 2.24. The van der Waals surface area contributed by atoms with Crippen molar-refractivity contribution in [3.63, 3.8) is 0 Å². The summed E-state index contributed by atoms with van der Waals surface area (Å²) in [5, 5.41) is 0. The Labute approximate surface area is 164 Å². The molecule has 1 fully saturated rings. The number of aryl methyl sites for hydroxylation is 1. The number of halogens is 1. The van der Waals surface area contributed by atoms with Crippen molar-refractivity contribution in [2.24, 2.45) is 5.92 Å². The van der Waals surface area contributed by atoms with Gasteiger partial charge in [-0.1, -0.05) is 18.2 Å². The number of H-pyrrole nitrogens is 1. The van der Waals surface area contributed by atoms with E-state index in [2.05, 4.69) is 14.9 Å². The van der Waals surface area contributed by atoms with E-state index in [9.17, 15) is 14.0 Å². The Morgan fingerprint density at radius 2 is 2.18 bits per heavy atom. The fourth-order valence-corrected chi connectivity index (χ4v) is 3.80. The van der Waals surface area contributed by atoms with Gasteiger partial charge in [-0.25, -0.2) is 9.37 Å². The Morgan fingerprint density at radius 3 is 2.93 bits per heavy atom. The Morgan fingerprint density at radius 1 is 1.39 bits per heavy atom. The predicted molar refractivity (Wildman–Crippen MR) is 106 cm³/mol. The number of nitrogens with zero attached hydrogens (tertiary/aromatic N) is 3. The topological polar surface area (TPSA) is 69.3 Å². The van der Waals surface area contributed by atoms with E-state index in [-0.39, 0.29) is 17.3 Å². The summed E-state index contributed by atoms with van der Waals surface area (Å²) >= 11 is 0. The number of benzene rings is 1. The van der Waals surface area contributed by atoms with Crippen LogP contribution in [0.3, 0.4) is 0 Å². The lowest BCUT2D eigenvalue weighted by Gasteiger charge is -2.34. The molecular weight excluding hydrogens is 359 g/mol. The molecule has 3 rings (SSSR count). The zero-order valence-corrected chi connectivity index (χ0v) is 16.4. The van der Waals surface area contributed by atoms with Crippen molar-refractivity contribution in [2.45, 2.75) is 26.2 Å². The largest absolute Gasteiger partial charge is 0.341 e. The number of likely N-dealkylation sites (tertiary alicyclic amines) is 1. The number of amides is 1. The van der Waals surface area contributed by atoms with Crippen LogP contribution in [-0.4, -0.2) is 58.9 Å². The zero-order chi connectivity index (χ0) is 20.1. The van der Waals surface area contributed by atoms with Crippen molar-refractivity contribution in [1.82, 2.24) is 19.8 Å². The van der Waals surface area contributed by atoms with Crippen LogP contribution < -0.4 is 5.56 Å². The van der Waals surface area contributed by atoms with Gasteiger partial charge >= 0.3 is 0 Å². The minimum Gasteiger partial charge on any atom is -0.341 e. The molecule has 0 aliphatic carbocycles. The van der Waals surface area contributed by atoms with Gasteiger partial charge in [-0.15, -0.1) is 0 Å². The van der Waals surface area contributed by atoms with Crippen LogP contribution in [0, 0.1) is 18.7 Å². The number of hydrogen-bond acceptors (Lipinski definition) is 4. The number of piperidine rings is 1. The summed E-state index contributed by atoms with van der Waals surface area (Å²) in [6.07, 6.45) is 4.11. The average molecular weight is 386 g/mol. The second-order valence-corrected chi connectivity index (χ2v) is 7.55. The second-order valence-electron chi connectivity index (χ2n) is 7.55. The minimum atomic E-state index is -0.403. The molecule has 1 aromatic carbocycles. The van der Waals surface area contributed by atoms with E-state index in [0.29, 0.717) is 24.7 Å². The standard InChI is InChI=1S/C21H27FN4O2/c1-15-23-12-18(20(27)24-15)21(28)25(2)13-16-6-5-10-26(14-16)11-9-17-7-3-4-8-19(17)22/h3-4,7-8,12,16H,5-6,9-11,13-14H2,1-2H3,(H,23,24,27)/t16-/m1/s1. The van der Waals surface area contributed by atoms with Gasteiger partial charge in [-0.05, 0) is 50.3 Å². The van der Waals surface area contributed by atoms with Gasteiger partial charge < -0.3 is 14.8 Å². The van der Waals surface area contributed by atoms with Crippen molar-refractivity contribution in [3.05, 3.63) is 63.6 Å². The molecule has 0 saturated carbocycles. The second kappa shape index (κ2) is 9.10. The molecule has 1 aromatic heterocycles. The summed E-state index contributed by atoms with van der Waals surface area (Å²) < 4.78 is 13.8. The molecule has 2 aromatic rings. The first kappa shape index (κ1) is 20.2. The van der Waals surface area contributed by atoms with E-state index >= 15 is 0 Å². The van der Waals surface area contributed by atoms with Gasteiger partial charge in [0.05, 0.1) is 0 Å². The average Bonchev–Trinajstić information content (AvgIpc) is 2.67. The molecule has 0 bridgehead atoms. The summed E-state index contributed by atoms with van der Waals surface area (Å²) in [6, 6.07) is 6.89. The van der Waals surface area contributed by atoms with Crippen molar-refractivity contribution >= 4 is 5.91 Å². The zero-order valence-electron chi connectivity index (χ0n) is 16.4. The number of rotatable bonds is 6. The van der Waals surface area contributed by atoms with Gasteiger partial charge in [0.15, 0.2) is 0 Å². The molecule has 0 radical (unpaired) electrons. The van der Waals surface area contributed by atoms with E-state index < -0.39 is 5.56 Å². The fraction of sp³-hybridized carbons (Fsp3) is 0.476. The summed E-state index contributed by atoms with van der Waals surface area (Å²) in [7, 11) is 1.72. The van der Waals surface area contributed by atoms with Crippen LogP contribution in [0.25, 0.3) is 0 Å². The number of aromatic amines is 1. The molecule has 1 amide bonds. The number of nitrogens with one attached hydrogen (secondary N) is 1. The molecule has 0 spiro atoms. The Bertz CT molecular complexity index is 883. The van der Waals surface area contributed by atoms with Crippen LogP contribution in [-0.2, 0) is 6.42 Å². The van der Waals surface area contributed by atoms with E-state index in [1.807, 2.05) is 12.1 Å². The first-order valence-electron chi connectivity index (χ1n) is 9.71. The summed E-state index contributed by atoms with van der Waals surface area (Å²) in [4.78, 5) is 35.1. The van der Waals surface area contributed by atoms with Gasteiger partial charge in [0.2, 0.25) is 0 Å². The van der Waals surface area contributed by atoms with E-state index in [0.717, 1.165) is 38.0 Å². The summed E-state index contributed by atoms with van der Waals surface area (Å²) in [5.41, 5.74) is 0.405. The predicted octanol–water partition coefficient (Wildman–Crippen LogP) is 2.24.